The van der Waals surface area contributed by atoms with Crippen LogP contribution in [0, 0.1) is 0 Å². The van der Waals surface area contributed by atoms with Crippen molar-refractivity contribution in [3.8, 4) is 0 Å². The van der Waals surface area contributed by atoms with Crippen molar-refractivity contribution in [2.24, 2.45) is 4.99 Å². The predicted octanol–water partition coefficient (Wildman–Crippen LogP) is 2.93. The number of hydrogen-bond acceptors (Lipinski definition) is 6. The van der Waals surface area contributed by atoms with E-state index in [9.17, 15) is 9.90 Å². The molecule has 0 saturated carbocycles. The molecule has 0 aromatic heterocycles. The Kier molecular flexibility index (Phi) is 8.09. The van der Waals surface area contributed by atoms with Gasteiger partial charge < -0.3 is 10.2 Å². The Bertz CT molecular complexity index is 789. The van der Waals surface area contributed by atoms with Gasteiger partial charge in [-0.1, -0.05) is 35.3 Å². The van der Waals surface area contributed by atoms with Crippen LogP contribution in [0.3, 0.4) is 0 Å². The summed E-state index contributed by atoms with van der Waals surface area (Å²) in [5.74, 6) is -0.249. The maximum atomic E-state index is 12.6. The molecule has 6 nitrogen and oxygen atoms in total. The molecule has 3 rings (SSSR count). The average Bonchev–Trinajstić information content (AvgIpc) is 2.70. The van der Waals surface area contributed by atoms with E-state index in [4.69, 9.17) is 28.3 Å². The van der Waals surface area contributed by atoms with Gasteiger partial charge in [0, 0.05) is 58.3 Å². The molecule has 1 aliphatic carbocycles. The number of aliphatic hydroxyl groups is 2. The second-order valence-corrected chi connectivity index (χ2v) is 8.26. The summed E-state index contributed by atoms with van der Waals surface area (Å²) in [6.45, 7) is 6.10. The standard InChI is InChI=1S/C21H27Cl2N3O3/c22-18-3-1-2-16(21(18)23)15-12-19(28)17(20(29)13-15)14-24-4-5-25-6-8-26(9-7-25)10-11-27/h1-3,14-15,27-28H,4-13H2. The molecule has 158 valence electrons. The van der Waals surface area contributed by atoms with E-state index in [1.165, 1.54) is 6.21 Å². The molecular weight excluding hydrogens is 413 g/mol. The van der Waals surface area contributed by atoms with Crippen molar-refractivity contribution < 1.29 is 15.0 Å². The fraction of sp³-hybridized carbons (Fsp3) is 0.524. The van der Waals surface area contributed by atoms with Gasteiger partial charge in [-0.05, 0) is 17.5 Å². The van der Waals surface area contributed by atoms with Crippen molar-refractivity contribution in [3.63, 3.8) is 0 Å². The summed E-state index contributed by atoms with van der Waals surface area (Å²) >= 11 is 12.4. The lowest BCUT2D eigenvalue weighted by atomic mass is 9.83. The number of hydrogen-bond donors (Lipinski definition) is 2. The molecule has 8 heteroatoms. The van der Waals surface area contributed by atoms with Crippen LogP contribution < -0.4 is 0 Å². The van der Waals surface area contributed by atoms with E-state index < -0.39 is 0 Å². The number of Topliss-reactive ketones (excluding diaryl/α,β-unsaturated/α-hetero) is 1. The van der Waals surface area contributed by atoms with E-state index in [0.29, 0.717) is 28.6 Å². The predicted molar refractivity (Wildman–Crippen MR) is 116 cm³/mol. The quantitative estimate of drug-likeness (QED) is 0.638. The fourth-order valence-corrected chi connectivity index (χ4v) is 4.31. The number of piperazine rings is 1. The first-order valence-corrected chi connectivity index (χ1v) is 10.7. The summed E-state index contributed by atoms with van der Waals surface area (Å²) in [7, 11) is 0. The number of ketones is 1. The fourth-order valence-electron chi connectivity index (χ4n) is 3.85. The van der Waals surface area contributed by atoms with Crippen LogP contribution in [-0.2, 0) is 4.79 Å². The second kappa shape index (κ2) is 10.5. The van der Waals surface area contributed by atoms with Crippen LogP contribution in [0.1, 0.15) is 24.3 Å². The Morgan fingerprint density at radius 3 is 2.45 bits per heavy atom. The minimum atomic E-state index is -0.180. The number of carbonyl (C=O) groups is 1. The number of benzene rings is 1. The highest BCUT2D eigenvalue weighted by molar-refractivity contribution is 6.42. The molecule has 0 amide bonds. The normalized spacial score (nSPS) is 22.0. The van der Waals surface area contributed by atoms with Crippen LogP contribution in [-0.4, -0.2) is 84.4 Å². The van der Waals surface area contributed by atoms with Crippen LogP contribution in [0.2, 0.25) is 10.0 Å². The third-order valence-electron chi connectivity index (χ3n) is 5.55. The molecule has 1 aromatic rings. The summed E-state index contributed by atoms with van der Waals surface area (Å²) in [5.41, 5.74) is 1.09. The van der Waals surface area contributed by atoms with Crippen molar-refractivity contribution in [1.29, 1.82) is 0 Å². The number of β-amino-alcohol motifs (C(OH)–C–C–N with tert-alkyl or cyclic N) is 1. The smallest absolute Gasteiger partial charge is 0.168 e. The zero-order valence-corrected chi connectivity index (χ0v) is 17.9. The first kappa shape index (κ1) is 22.2. The molecule has 1 fully saturated rings. The maximum absolute atomic E-state index is 12.6. The number of aliphatic imine (C=N–C) groups is 1. The zero-order valence-electron chi connectivity index (χ0n) is 16.4. The second-order valence-electron chi connectivity index (χ2n) is 7.47. The average molecular weight is 440 g/mol. The van der Waals surface area contributed by atoms with Gasteiger partial charge in [0.1, 0.15) is 5.76 Å². The van der Waals surface area contributed by atoms with Gasteiger partial charge in [-0.25, -0.2) is 0 Å². The summed E-state index contributed by atoms with van der Waals surface area (Å²) in [6.07, 6.45) is 2.13. The molecule has 1 atom stereocenters. The SMILES string of the molecule is O=C1CC(c2cccc(Cl)c2Cl)CC(O)=C1C=NCCN1CCN(CCO)CC1. The molecule has 0 bridgehead atoms. The van der Waals surface area contributed by atoms with Gasteiger partial charge in [0.15, 0.2) is 5.78 Å². The maximum Gasteiger partial charge on any atom is 0.168 e. The molecule has 1 unspecified atom stereocenters. The van der Waals surface area contributed by atoms with Gasteiger partial charge in [-0.3, -0.25) is 19.6 Å². The first-order chi connectivity index (χ1) is 14.0. The third-order valence-corrected chi connectivity index (χ3v) is 6.38. The van der Waals surface area contributed by atoms with Crippen molar-refractivity contribution >= 4 is 35.2 Å². The Morgan fingerprint density at radius 1 is 1.10 bits per heavy atom. The number of halogens is 2. The van der Waals surface area contributed by atoms with Gasteiger partial charge in [-0.15, -0.1) is 0 Å². The summed E-state index contributed by atoms with van der Waals surface area (Å²) in [6, 6.07) is 5.35. The Morgan fingerprint density at radius 2 is 1.79 bits per heavy atom. The van der Waals surface area contributed by atoms with Crippen molar-refractivity contribution in [2.75, 3.05) is 52.4 Å². The van der Waals surface area contributed by atoms with E-state index in [1.807, 2.05) is 6.07 Å². The van der Waals surface area contributed by atoms with Gasteiger partial charge in [-0.2, -0.15) is 0 Å². The Hall–Kier alpha value is -1.44. The lowest BCUT2D eigenvalue weighted by molar-refractivity contribution is -0.116. The number of aliphatic hydroxyl groups excluding tert-OH is 2. The highest BCUT2D eigenvalue weighted by Crippen LogP contribution is 2.38. The molecule has 1 heterocycles. The lowest BCUT2D eigenvalue weighted by Crippen LogP contribution is -2.47. The first-order valence-electron chi connectivity index (χ1n) is 9.94. The van der Waals surface area contributed by atoms with Crippen LogP contribution in [0.4, 0.5) is 0 Å². The van der Waals surface area contributed by atoms with Gasteiger partial charge >= 0.3 is 0 Å². The van der Waals surface area contributed by atoms with Crippen LogP contribution >= 0.6 is 23.2 Å². The number of allylic oxidation sites excluding steroid dienone is 2. The van der Waals surface area contributed by atoms with Crippen LogP contribution in [0.5, 0.6) is 0 Å². The summed E-state index contributed by atoms with van der Waals surface area (Å²) in [5, 5.41) is 20.3. The Labute approximate surface area is 181 Å². The monoisotopic (exact) mass is 439 g/mol. The number of nitrogens with zero attached hydrogens (tertiary/aromatic N) is 3. The lowest BCUT2D eigenvalue weighted by Gasteiger charge is -2.33. The van der Waals surface area contributed by atoms with E-state index in [1.54, 1.807) is 12.1 Å². The highest BCUT2D eigenvalue weighted by Gasteiger charge is 2.29. The minimum Gasteiger partial charge on any atom is -0.511 e. The van der Waals surface area contributed by atoms with Crippen molar-refractivity contribution in [3.05, 3.63) is 45.1 Å². The largest absolute Gasteiger partial charge is 0.511 e. The molecule has 2 N–H and O–H groups in total. The van der Waals surface area contributed by atoms with Crippen molar-refractivity contribution in [1.82, 2.24) is 9.80 Å². The Balaban J connectivity index is 1.53. The van der Waals surface area contributed by atoms with Crippen LogP contribution in [0.25, 0.3) is 0 Å². The molecule has 29 heavy (non-hydrogen) atoms. The molecule has 0 radical (unpaired) electrons. The van der Waals surface area contributed by atoms with E-state index in [-0.39, 0.29) is 30.5 Å². The molecule has 2 aliphatic rings. The van der Waals surface area contributed by atoms with E-state index in [2.05, 4.69) is 14.8 Å². The minimum absolute atomic E-state index is 0.0589. The molecular formula is C21H27Cl2N3O3. The molecule has 1 aliphatic heterocycles. The topological polar surface area (TPSA) is 76.4 Å². The number of rotatable bonds is 7. The van der Waals surface area contributed by atoms with Gasteiger partial charge in [0.25, 0.3) is 0 Å². The molecule has 0 spiro atoms. The highest BCUT2D eigenvalue weighted by atomic mass is 35.5. The number of carbonyl (C=O) groups excluding carboxylic acids is 1. The third kappa shape index (κ3) is 5.80. The zero-order chi connectivity index (χ0) is 20.8. The van der Waals surface area contributed by atoms with E-state index >= 15 is 0 Å². The summed E-state index contributed by atoms with van der Waals surface area (Å²) in [4.78, 5) is 21.5. The van der Waals surface area contributed by atoms with E-state index in [0.717, 1.165) is 44.8 Å². The molecule has 1 aromatic carbocycles. The van der Waals surface area contributed by atoms with Crippen molar-refractivity contribution in [2.45, 2.75) is 18.8 Å². The summed E-state index contributed by atoms with van der Waals surface area (Å²) < 4.78 is 0. The van der Waals surface area contributed by atoms with Crippen LogP contribution in [0.15, 0.2) is 34.5 Å². The molecule has 1 saturated heterocycles. The van der Waals surface area contributed by atoms with Gasteiger partial charge in [0.05, 0.1) is 28.8 Å². The van der Waals surface area contributed by atoms with Gasteiger partial charge in [0.2, 0.25) is 0 Å².